The SMILES string of the molecule is COc1cc(C(=O)O)cc2c1N[NH2+]C(C)=C2. The highest BCUT2D eigenvalue weighted by atomic mass is 16.5. The predicted molar refractivity (Wildman–Crippen MR) is 59.2 cm³/mol. The van der Waals surface area contributed by atoms with Crippen LogP contribution in [0, 0.1) is 0 Å². The van der Waals surface area contributed by atoms with Crippen LogP contribution >= 0.6 is 0 Å². The van der Waals surface area contributed by atoms with Crippen molar-refractivity contribution in [1.29, 1.82) is 0 Å². The van der Waals surface area contributed by atoms with Crippen molar-refractivity contribution < 1.29 is 20.1 Å². The second kappa shape index (κ2) is 3.86. The zero-order chi connectivity index (χ0) is 11.7. The molecule has 0 amide bonds. The number of fused-ring (bicyclic) bond motifs is 1. The van der Waals surface area contributed by atoms with Gasteiger partial charge in [-0.25, -0.2) is 15.6 Å². The maximum Gasteiger partial charge on any atom is 0.335 e. The highest BCUT2D eigenvalue weighted by molar-refractivity contribution is 5.91. The summed E-state index contributed by atoms with van der Waals surface area (Å²) in [5.41, 5.74) is 7.84. The molecule has 2 rings (SSSR count). The van der Waals surface area contributed by atoms with E-state index in [4.69, 9.17) is 9.84 Å². The third kappa shape index (κ3) is 1.72. The lowest BCUT2D eigenvalue weighted by Gasteiger charge is -2.17. The number of carboxylic acid groups (broad SMARTS) is 1. The van der Waals surface area contributed by atoms with Crippen molar-refractivity contribution in [2.45, 2.75) is 6.92 Å². The van der Waals surface area contributed by atoms with Crippen molar-refractivity contribution in [3.63, 3.8) is 0 Å². The molecule has 1 aliphatic heterocycles. The molecule has 0 aliphatic carbocycles. The first kappa shape index (κ1) is 10.5. The van der Waals surface area contributed by atoms with Gasteiger partial charge in [-0.1, -0.05) is 0 Å². The van der Waals surface area contributed by atoms with E-state index < -0.39 is 5.97 Å². The lowest BCUT2D eigenvalue weighted by molar-refractivity contribution is -0.574. The van der Waals surface area contributed by atoms with E-state index in [-0.39, 0.29) is 5.56 Å². The molecule has 0 saturated heterocycles. The molecule has 5 nitrogen and oxygen atoms in total. The number of anilines is 1. The summed E-state index contributed by atoms with van der Waals surface area (Å²) < 4.78 is 5.16. The van der Waals surface area contributed by atoms with Crippen molar-refractivity contribution in [1.82, 2.24) is 0 Å². The van der Waals surface area contributed by atoms with Crippen molar-refractivity contribution in [2.75, 3.05) is 12.5 Å². The van der Waals surface area contributed by atoms with Crippen LogP contribution in [0.4, 0.5) is 5.69 Å². The van der Waals surface area contributed by atoms with Crippen LogP contribution in [0.1, 0.15) is 22.8 Å². The maximum atomic E-state index is 10.9. The number of methoxy groups -OCH3 is 1. The fourth-order valence-electron chi connectivity index (χ4n) is 1.66. The lowest BCUT2D eigenvalue weighted by atomic mass is 10.1. The second-order valence-corrected chi connectivity index (χ2v) is 3.62. The number of nitrogens with two attached hydrogens (primary N) is 1. The Kier molecular flexibility index (Phi) is 2.54. The van der Waals surface area contributed by atoms with Crippen molar-refractivity contribution in [3.8, 4) is 5.75 Å². The third-order valence-electron chi connectivity index (χ3n) is 2.43. The normalized spacial score (nSPS) is 13.5. The monoisotopic (exact) mass is 221 g/mol. The quantitative estimate of drug-likeness (QED) is 0.641. The van der Waals surface area contributed by atoms with Crippen LogP contribution in [0.5, 0.6) is 5.75 Å². The summed E-state index contributed by atoms with van der Waals surface area (Å²) >= 11 is 0. The van der Waals surface area contributed by atoms with Crippen LogP contribution in [0.15, 0.2) is 17.8 Å². The maximum absolute atomic E-state index is 10.9. The van der Waals surface area contributed by atoms with Gasteiger partial charge in [-0.05, 0) is 12.1 Å². The number of benzene rings is 1. The molecule has 1 aromatic carbocycles. The molecule has 0 spiro atoms. The van der Waals surface area contributed by atoms with Gasteiger partial charge in [0.15, 0.2) is 0 Å². The average Bonchev–Trinajstić information content (AvgIpc) is 2.26. The van der Waals surface area contributed by atoms with Crippen LogP contribution in [0.3, 0.4) is 0 Å². The Morgan fingerprint density at radius 3 is 2.88 bits per heavy atom. The summed E-state index contributed by atoms with van der Waals surface area (Å²) in [6, 6.07) is 3.14. The summed E-state index contributed by atoms with van der Waals surface area (Å²) in [5.74, 6) is -0.420. The molecule has 0 bridgehead atoms. The van der Waals surface area contributed by atoms with E-state index in [1.807, 2.05) is 18.4 Å². The highest BCUT2D eigenvalue weighted by Gasteiger charge is 2.18. The van der Waals surface area contributed by atoms with Crippen LogP contribution in [-0.4, -0.2) is 18.2 Å². The summed E-state index contributed by atoms with van der Waals surface area (Å²) in [4.78, 5) is 10.9. The number of allylic oxidation sites excluding steroid dienone is 1. The zero-order valence-electron chi connectivity index (χ0n) is 9.07. The van der Waals surface area contributed by atoms with E-state index in [0.29, 0.717) is 5.75 Å². The van der Waals surface area contributed by atoms with E-state index >= 15 is 0 Å². The fourth-order valence-corrected chi connectivity index (χ4v) is 1.66. The van der Waals surface area contributed by atoms with Crippen LogP contribution < -0.4 is 15.6 Å². The van der Waals surface area contributed by atoms with Gasteiger partial charge in [-0.3, -0.25) is 0 Å². The Morgan fingerprint density at radius 1 is 1.50 bits per heavy atom. The Bertz CT molecular complexity index is 480. The van der Waals surface area contributed by atoms with Gasteiger partial charge in [-0.2, -0.15) is 0 Å². The lowest BCUT2D eigenvalue weighted by Crippen LogP contribution is -2.86. The van der Waals surface area contributed by atoms with E-state index in [2.05, 4.69) is 5.43 Å². The number of quaternary nitrogens is 1. The molecule has 1 aromatic rings. The van der Waals surface area contributed by atoms with Gasteiger partial charge >= 0.3 is 5.97 Å². The molecule has 5 heteroatoms. The van der Waals surface area contributed by atoms with Crippen molar-refractivity contribution >= 4 is 17.7 Å². The number of aromatic carboxylic acids is 1. The number of carbonyl (C=O) groups is 1. The first-order chi connectivity index (χ1) is 7.61. The number of ether oxygens (including phenoxy) is 1. The number of carboxylic acids is 1. The minimum atomic E-state index is -0.957. The summed E-state index contributed by atoms with van der Waals surface area (Å²) in [5, 5.41) is 8.97. The van der Waals surface area contributed by atoms with Gasteiger partial charge in [0.25, 0.3) is 0 Å². The van der Waals surface area contributed by atoms with E-state index in [1.54, 1.807) is 6.07 Å². The Hall–Kier alpha value is -2.01. The molecule has 0 radical (unpaired) electrons. The molecule has 0 saturated carbocycles. The number of rotatable bonds is 2. The molecule has 4 N–H and O–H groups in total. The molecular formula is C11H13N2O3+. The molecular weight excluding hydrogens is 208 g/mol. The standard InChI is InChI=1S/C11H12N2O3/c1-6-3-7-4-8(11(14)15)5-9(16-2)10(7)13-12-6/h3-5,12-13H,1-2H3,(H,14,15)/p+1. The van der Waals surface area contributed by atoms with E-state index in [0.717, 1.165) is 16.9 Å². The zero-order valence-corrected chi connectivity index (χ0v) is 9.07. The largest absolute Gasteiger partial charge is 0.494 e. The van der Waals surface area contributed by atoms with Crippen molar-refractivity contribution in [3.05, 3.63) is 29.0 Å². The van der Waals surface area contributed by atoms with Crippen LogP contribution in [-0.2, 0) is 0 Å². The molecule has 1 aliphatic rings. The molecule has 1 heterocycles. The summed E-state index contributed by atoms with van der Waals surface area (Å²) in [6.45, 7) is 1.94. The minimum Gasteiger partial charge on any atom is -0.494 e. The van der Waals surface area contributed by atoms with Gasteiger partial charge in [0.1, 0.15) is 17.1 Å². The van der Waals surface area contributed by atoms with E-state index in [9.17, 15) is 4.79 Å². The topological polar surface area (TPSA) is 75.2 Å². The Morgan fingerprint density at radius 2 is 2.25 bits per heavy atom. The fraction of sp³-hybridized carbons (Fsp3) is 0.182. The van der Waals surface area contributed by atoms with Gasteiger partial charge in [0.2, 0.25) is 0 Å². The van der Waals surface area contributed by atoms with Gasteiger partial charge < -0.3 is 9.84 Å². The smallest absolute Gasteiger partial charge is 0.335 e. The Balaban J connectivity index is 2.60. The number of hydrogen-bond donors (Lipinski definition) is 3. The molecule has 0 aromatic heterocycles. The first-order valence-electron chi connectivity index (χ1n) is 4.85. The van der Waals surface area contributed by atoms with Crippen LogP contribution in [0.2, 0.25) is 0 Å². The van der Waals surface area contributed by atoms with Crippen LogP contribution in [0.25, 0.3) is 6.08 Å². The molecule has 0 fully saturated rings. The van der Waals surface area contributed by atoms with E-state index in [1.165, 1.54) is 13.2 Å². The van der Waals surface area contributed by atoms with Crippen molar-refractivity contribution in [2.24, 2.45) is 0 Å². The highest BCUT2D eigenvalue weighted by Crippen LogP contribution is 2.31. The summed E-state index contributed by atoms with van der Waals surface area (Å²) in [6.07, 6.45) is 1.92. The second-order valence-electron chi connectivity index (χ2n) is 3.62. The average molecular weight is 221 g/mol. The summed E-state index contributed by atoms with van der Waals surface area (Å²) in [7, 11) is 1.52. The number of nitrogens with one attached hydrogen (secondary N) is 1. The number of nitrogen functional groups attached to an aromatic ring is 1. The van der Waals surface area contributed by atoms with Gasteiger partial charge in [0.05, 0.1) is 12.7 Å². The molecule has 0 unspecified atom stereocenters. The third-order valence-corrected chi connectivity index (χ3v) is 2.43. The molecule has 16 heavy (non-hydrogen) atoms. The number of hydrogen-bond acceptors (Lipinski definition) is 3. The predicted octanol–water partition coefficient (Wildman–Crippen LogP) is 0.658. The van der Waals surface area contributed by atoms with Gasteiger partial charge in [-0.15, -0.1) is 0 Å². The van der Waals surface area contributed by atoms with Gasteiger partial charge in [0, 0.05) is 18.6 Å². The Labute approximate surface area is 92.7 Å². The minimum absolute atomic E-state index is 0.225. The molecule has 84 valence electrons. The first-order valence-corrected chi connectivity index (χ1v) is 4.85. The molecule has 0 atom stereocenters.